The van der Waals surface area contributed by atoms with Gasteiger partial charge in [-0.1, -0.05) is 12.1 Å². The predicted molar refractivity (Wildman–Crippen MR) is 73.8 cm³/mol. The summed E-state index contributed by atoms with van der Waals surface area (Å²) in [5, 5.41) is 13.8. The lowest BCUT2D eigenvalue weighted by Crippen LogP contribution is -2.34. The third-order valence-corrected chi connectivity index (χ3v) is 2.70. The molecule has 0 aromatic heterocycles. The van der Waals surface area contributed by atoms with Crippen LogP contribution in [-0.4, -0.2) is 10.8 Å². The summed E-state index contributed by atoms with van der Waals surface area (Å²) in [4.78, 5) is 22.1. The number of hydrazine groups is 1. The summed E-state index contributed by atoms with van der Waals surface area (Å²) in [6.07, 6.45) is 6.36. The van der Waals surface area contributed by atoms with Crippen molar-refractivity contribution in [1.29, 1.82) is 0 Å². The van der Waals surface area contributed by atoms with Crippen LogP contribution in [0.2, 0.25) is 0 Å². The van der Waals surface area contributed by atoms with E-state index in [0.29, 0.717) is 16.8 Å². The summed E-state index contributed by atoms with van der Waals surface area (Å²) in [5.41, 5.74) is 3.12. The Morgan fingerprint density at radius 3 is 2.85 bits per heavy atom. The van der Waals surface area contributed by atoms with Gasteiger partial charge in [-0.25, -0.2) is 5.84 Å². The molecule has 0 spiro atoms. The minimum atomic E-state index is -0.480. The first kappa shape index (κ1) is 13.5. The highest BCUT2D eigenvalue weighted by Crippen LogP contribution is 2.23. The van der Waals surface area contributed by atoms with E-state index in [0.717, 1.165) is 0 Å². The van der Waals surface area contributed by atoms with Crippen molar-refractivity contribution in [2.75, 3.05) is 0 Å². The number of amides is 1. The Hall–Kier alpha value is -2.93. The van der Waals surface area contributed by atoms with Crippen molar-refractivity contribution in [3.05, 3.63) is 69.6 Å². The van der Waals surface area contributed by atoms with Gasteiger partial charge in [0.1, 0.15) is 0 Å². The van der Waals surface area contributed by atoms with E-state index in [1.54, 1.807) is 36.6 Å². The van der Waals surface area contributed by atoms with Crippen LogP contribution in [0.1, 0.15) is 5.56 Å². The van der Waals surface area contributed by atoms with E-state index in [1.807, 2.05) is 5.43 Å². The van der Waals surface area contributed by atoms with Gasteiger partial charge in [0.15, 0.2) is 0 Å². The van der Waals surface area contributed by atoms with Gasteiger partial charge in [0.25, 0.3) is 11.6 Å². The number of nitrogens with zero attached hydrogens (tertiary/aromatic N) is 1. The van der Waals surface area contributed by atoms with E-state index in [2.05, 4.69) is 5.32 Å². The number of carbonyl (C=O) groups is 1. The molecular weight excluding hydrogens is 260 g/mol. The third-order valence-electron chi connectivity index (χ3n) is 2.70. The average Bonchev–Trinajstić information content (AvgIpc) is 2.47. The van der Waals surface area contributed by atoms with Crippen LogP contribution in [0.3, 0.4) is 0 Å². The molecule has 0 bridgehead atoms. The number of hydrogen-bond acceptors (Lipinski definition) is 5. The first-order chi connectivity index (χ1) is 9.63. The van der Waals surface area contributed by atoms with E-state index in [1.165, 1.54) is 12.1 Å². The highest BCUT2D eigenvalue weighted by Gasteiger charge is 2.17. The molecule has 1 aliphatic rings. The second-order valence-corrected chi connectivity index (χ2v) is 3.93. The minimum Gasteiger partial charge on any atom is -0.361 e. The maximum absolute atomic E-state index is 11.6. The lowest BCUT2D eigenvalue weighted by Gasteiger charge is -2.13. The molecule has 4 N–H and O–H groups in total. The normalized spacial score (nSPS) is 15.4. The molecule has 1 heterocycles. The van der Waals surface area contributed by atoms with Gasteiger partial charge in [-0.3, -0.25) is 20.3 Å². The number of rotatable bonds is 3. The van der Waals surface area contributed by atoms with Crippen molar-refractivity contribution < 1.29 is 9.72 Å². The Bertz CT molecular complexity index is 647. The van der Waals surface area contributed by atoms with Gasteiger partial charge in [-0.15, -0.1) is 0 Å². The maximum atomic E-state index is 11.6. The molecule has 1 aromatic carbocycles. The molecule has 1 aromatic rings. The lowest BCUT2D eigenvalue weighted by atomic mass is 10.1. The van der Waals surface area contributed by atoms with Crippen LogP contribution in [0, 0.1) is 10.1 Å². The molecule has 7 nitrogen and oxygen atoms in total. The number of dihydropyridines is 1. The molecule has 0 radical (unpaired) electrons. The third kappa shape index (κ3) is 2.73. The summed E-state index contributed by atoms with van der Waals surface area (Å²) in [7, 11) is 0. The second kappa shape index (κ2) is 5.81. The first-order valence-corrected chi connectivity index (χ1v) is 5.73. The number of allylic oxidation sites excluding steroid dienone is 2. The molecule has 0 unspecified atom stereocenters. The fraction of sp³-hybridized carbons (Fsp3) is 0. The van der Waals surface area contributed by atoms with Crippen LogP contribution in [0.4, 0.5) is 5.69 Å². The molecular formula is C13H12N4O3. The SMILES string of the molecule is NNC(=O)C1=CC=CN/C1=C\c1ccccc1[N+](=O)[O-]. The molecule has 0 fully saturated rings. The summed E-state index contributed by atoms with van der Waals surface area (Å²) < 4.78 is 0. The topological polar surface area (TPSA) is 110 Å². The molecule has 0 saturated heterocycles. The first-order valence-electron chi connectivity index (χ1n) is 5.73. The molecule has 1 aliphatic heterocycles. The Morgan fingerprint density at radius 2 is 2.15 bits per heavy atom. The number of nitrogens with one attached hydrogen (secondary N) is 2. The van der Waals surface area contributed by atoms with Crippen molar-refractivity contribution in [3.8, 4) is 0 Å². The summed E-state index contributed by atoms with van der Waals surface area (Å²) in [6.45, 7) is 0. The van der Waals surface area contributed by atoms with Crippen LogP contribution in [0.15, 0.2) is 53.9 Å². The monoisotopic (exact) mass is 272 g/mol. The van der Waals surface area contributed by atoms with Crippen LogP contribution in [0.5, 0.6) is 0 Å². The molecule has 102 valence electrons. The van der Waals surface area contributed by atoms with E-state index >= 15 is 0 Å². The van der Waals surface area contributed by atoms with Crippen LogP contribution in [-0.2, 0) is 4.79 Å². The number of benzene rings is 1. The highest BCUT2D eigenvalue weighted by atomic mass is 16.6. The number of hydrogen-bond donors (Lipinski definition) is 3. The van der Waals surface area contributed by atoms with Crippen molar-refractivity contribution in [3.63, 3.8) is 0 Å². The molecule has 0 atom stereocenters. The summed E-state index contributed by atoms with van der Waals surface area (Å²) in [5.74, 6) is 4.63. The highest BCUT2D eigenvalue weighted by molar-refractivity contribution is 5.99. The van der Waals surface area contributed by atoms with Gasteiger partial charge >= 0.3 is 0 Å². The van der Waals surface area contributed by atoms with E-state index in [4.69, 9.17) is 5.84 Å². The Kier molecular flexibility index (Phi) is 3.92. The number of nitro groups is 1. The van der Waals surface area contributed by atoms with Crippen LogP contribution in [0.25, 0.3) is 6.08 Å². The van der Waals surface area contributed by atoms with Gasteiger partial charge in [0, 0.05) is 12.3 Å². The van der Waals surface area contributed by atoms with Gasteiger partial charge < -0.3 is 5.32 Å². The zero-order valence-electron chi connectivity index (χ0n) is 10.4. The largest absolute Gasteiger partial charge is 0.361 e. The van der Waals surface area contributed by atoms with Crippen molar-refractivity contribution in [1.82, 2.24) is 10.7 Å². The summed E-state index contributed by atoms with van der Waals surface area (Å²) in [6, 6.07) is 6.27. The molecule has 20 heavy (non-hydrogen) atoms. The van der Waals surface area contributed by atoms with Crippen LogP contribution >= 0.6 is 0 Å². The zero-order chi connectivity index (χ0) is 14.5. The maximum Gasteiger partial charge on any atom is 0.276 e. The van der Waals surface area contributed by atoms with Crippen molar-refractivity contribution in [2.45, 2.75) is 0 Å². The minimum absolute atomic E-state index is 0.0381. The number of nitro benzene ring substituents is 1. The Labute approximate surface area is 114 Å². The van der Waals surface area contributed by atoms with Gasteiger partial charge in [0.05, 0.1) is 21.8 Å². The zero-order valence-corrected chi connectivity index (χ0v) is 10.4. The van der Waals surface area contributed by atoms with E-state index < -0.39 is 10.8 Å². The standard InChI is InChI=1S/C13H12N4O3/c14-16-13(18)10-5-3-7-15-11(10)8-9-4-1-2-6-12(9)17(19)20/h1-8,15H,14H2,(H,16,18)/b11-8-. The van der Waals surface area contributed by atoms with Gasteiger partial charge in [-0.05, 0) is 24.3 Å². The van der Waals surface area contributed by atoms with E-state index in [-0.39, 0.29) is 5.69 Å². The van der Waals surface area contributed by atoms with E-state index in [9.17, 15) is 14.9 Å². The Balaban J connectivity index is 2.45. The average molecular weight is 272 g/mol. The smallest absolute Gasteiger partial charge is 0.276 e. The predicted octanol–water partition coefficient (Wildman–Crippen LogP) is 0.969. The summed E-state index contributed by atoms with van der Waals surface area (Å²) >= 11 is 0. The molecule has 0 aliphatic carbocycles. The van der Waals surface area contributed by atoms with Crippen LogP contribution < -0.4 is 16.6 Å². The number of nitrogens with two attached hydrogens (primary N) is 1. The number of carbonyl (C=O) groups excluding carboxylic acids is 1. The number of para-hydroxylation sites is 1. The fourth-order valence-electron chi connectivity index (χ4n) is 1.78. The Morgan fingerprint density at radius 1 is 1.40 bits per heavy atom. The van der Waals surface area contributed by atoms with Gasteiger partial charge in [-0.2, -0.15) is 0 Å². The molecule has 0 saturated carbocycles. The van der Waals surface area contributed by atoms with Crippen molar-refractivity contribution in [2.24, 2.45) is 5.84 Å². The van der Waals surface area contributed by atoms with Crippen molar-refractivity contribution >= 4 is 17.7 Å². The molecule has 7 heteroatoms. The fourth-order valence-corrected chi connectivity index (χ4v) is 1.78. The lowest BCUT2D eigenvalue weighted by molar-refractivity contribution is -0.385. The second-order valence-electron chi connectivity index (χ2n) is 3.93. The van der Waals surface area contributed by atoms with Gasteiger partial charge in [0.2, 0.25) is 0 Å². The molecule has 1 amide bonds. The molecule has 2 rings (SSSR count). The quantitative estimate of drug-likeness (QED) is 0.328.